The third kappa shape index (κ3) is 6.01. The van der Waals surface area contributed by atoms with Crippen molar-refractivity contribution in [3.05, 3.63) is 57.0 Å². The van der Waals surface area contributed by atoms with Gasteiger partial charge in [0.05, 0.1) is 35.0 Å². The fourth-order valence-electron chi connectivity index (χ4n) is 2.05. The van der Waals surface area contributed by atoms with Gasteiger partial charge in [0.25, 0.3) is 0 Å². The molecule has 0 aliphatic rings. The molecule has 0 bridgehead atoms. The minimum Gasteiger partial charge on any atom is -0.493 e. The predicted molar refractivity (Wildman–Crippen MR) is 114 cm³/mol. The van der Waals surface area contributed by atoms with Crippen LogP contribution >= 0.6 is 47.0 Å². The monoisotopic (exact) mass is 444 g/mol. The molecule has 0 spiro atoms. The van der Waals surface area contributed by atoms with Crippen molar-refractivity contribution in [3.8, 4) is 11.5 Å². The van der Waals surface area contributed by atoms with E-state index in [1.165, 1.54) is 25.3 Å². The van der Waals surface area contributed by atoms with E-state index < -0.39 is 5.91 Å². The van der Waals surface area contributed by atoms with Crippen molar-refractivity contribution in [2.24, 2.45) is 0 Å². The molecule has 5 nitrogen and oxygen atoms in total. The number of methoxy groups -OCH3 is 2. The second-order valence-corrected chi connectivity index (χ2v) is 6.77. The molecule has 0 aromatic heterocycles. The summed E-state index contributed by atoms with van der Waals surface area (Å²) in [5.74, 6) is 0.743. The van der Waals surface area contributed by atoms with Gasteiger partial charge in [0.2, 0.25) is 5.91 Å². The first-order chi connectivity index (χ1) is 12.8. The number of ether oxygens (including phenoxy) is 2. The van der Waals surface area contributed by atoms with E-state index in [9.17, 15) is 4.79 Å². The van der Waals surface area contributed by atoms with Crippen LogP contribution in [0.25, 0.3) is 6.08 Å². The Hall–Kier alpha value is -1.99. The zero-order chi connectivity index (χ0) is 20.0. The fraction of sp³-hybridized carbons (Fsp3) is 0.111. The normalized spacial score (nSPS) is 10.6. The maximum atomic E-state index is 12.0. The maximum absolute atomic E-state index is 12.0. The molecule has 0 atom stereocenters. The fourth-order valence-corrected chi connectivity index (χ4v) is 2.86. The molecule has 2 aromatic rings. The largest absolute Gasteiger partial charge is 0.493 e. The number of anilines is 1. The quantitative estimate of drug-likeness (QED) is 0.377. The van der Waals surface area contributed by atoms with E-state index in [-0.39, 0.29) is 5.11 Å². The Bertz CT molecular complexity index is 904. The van der Waals surface area contributed by atoms with Crippen molar-refractivity contribution in [3.63, 3.8) is 0 Å². The van der Waals surface area contributed by atoms with Crippen molar-refractivity contribution >= 4 is 69.8 Å². The summed E-state index contributed by atoms with van der Waals surface area (Å²) in [6.45, 7) is 0. The molecule has 0 radical (unpaired) electrons. The Morgan fingerprint density at radius 3 is 2.33 bits per heavy atom. The van der Waals surface area contributed by atoms with Crippen LogP contribution in [0.5, 0.6) is 11.5 Å². The molecule has 0 aliphatic heterocycles. The van der Waals surface area contributed by atoms with E-state index in [0.717, 1.165) is 5.56 Å². The standard InChI is InChI=1S/C18H15Cl3N2O3S/c1-25-15-5-3-10(7-16(15)26-2)4-6-17(24)23-18(27)22-14-9-12(20)11(19)8-13(14)21/h3-9H,1-2H3,(H2,22,23,24,27). The minimum absolute atomic E-state index is 0.0669. The second kappa shape index (κ2) is 9.80. The Morgan fingerprint density at radius 2 is 1.67 bits per heavy atom. The van der Waals surface area contributed by atoms with E-state index in [1.54, 1.807) is 31.4 Å². The molecule has 1 amide bonds. The van der Waals surface area contributed by atoms with Crippen LogP contribution in [-0.2, 0) is 4.79 Å². The predicted octanol–water partition coefficient (Wildman–Crippen LogP) is 5.19. The number of benzene rings is 2. The lowest BCUT2D eigenvalue weighted by Gasteiger charge is -2.11. The maximum Gasteiger partial charge on any atom is 0.250 e. The van der Waals surface area contributed by atoms with Crippen molar-refractivity contribution < 1.29 is 14.3 Å². The average molecular weight is 446 g/mol. The summed E-state index contributed by atoms with van der Waals surface area (Å²) in [7, 11) is 3.09. The number of rotatable bonds is 5. The first kappa shape index (κ1) is 21.3. The third-order valence-electron chi connectivity index (χ3n) is 3.33. The average Bonchev–Trinajstić information content (AvgIpc) is 2.64. The van der Waals surface area contributed by atoms with Gasteiger partial charge in [-0.3, -0.25) is 10.1 Å². The van der Waals surface area contributed by atoms with E-state index in [2.05, 4.69) is 10.6 Å². The lowest BCUT2D eigenvalue weighted by molar-refractivity contribution is -0.115. The molecule has 0 unspecified atom stereocenters. The first-order valence-corrected chi connectivity index (χ1v) is 9.05. The molecule has 9 heteroatoms. The summed E-state index contributed by atoms with van der Waals surface area (Å²) in [5, 5.41) is 6.33. The Kier molecular flexibility index (Phi) is 7.74. The number of amides is 1. The van der Waals surface area contributed by atoms with Crippen LogP contribution in [-0.4, -0.2) is 25.2 Å². The highest BCUT2D eigenvalue weighted by Crippen LogP contribution is 2.32. The van der Waals surface area contributed by atoms with Gasteiger partial charge < -0.3 is 14.8 Å². The van der Waals surface area contributed by atoms with Crippen molar-refractivity contribution in [1.82, 2.24) is 5.32 Å². The van der Waals surface area contributed by atoms with Crippen molar-refractivity contribution in [2.75, 3.05) is 19.5 Å². The highest BCUT2D eigenvalue weighted by atomic mass is 35.5. The molecule has 142 valence electrons. The van der Waals surface area contributed by atoms with Crippen LogP contribution in [0.1, 0.15) is 5.56 Å². The Balaban J connectivity index is 2.00. The third-order valence-corrected chi connectivity index (χ3v) is 4.57. The van der Waals surface area contributed by atoms with E-state index >= 15 is 0 Å². The zero-order valence-corrected chi connectivity index (χ0v) is 17.4. The number of nitrogens with one attached hydrogen (secondary N) is 2. The summed E-state index contributed by atoms with van der Waals surface area (Å²) < 4.78 is 10.4. The topological polar surface area (TPSA) is 59.6 Å². The van der Waals surface area contributed by atoms with Crippen LogP contribution in [0.3, 0.4) is 0 Å². The van der Waals surface area contributed by atoms with Crippen LogP contribution in [0.4, 0.5) is 5.69 Å². The van der Waals surface area contributed by atoms with E-state index in [4.69, 9.17) is 56.5 Å². The van der Waals surface area contributed by atoms with Gasteiger partial charge in [-0.05, 0) is 48.1 Å². The molecule has 2 rings (SSSR count). The summed E-state index contributed by atoms with van der Waals surface area (Å²) in [5.41, 5.74) is 1.19. The molecule has 0 aliphatic carbocycles. The highest BCUT2D eigenvalue weighted by molar-refractivity contribution is 7.80. The molecular weight excluding hydrogens is 431 g/mol. The van der Waals surface area contributed by atoms with Crippen LogP contribution in [0, 0.1) is 0 Å². The van der Waals surface area contributed by atoms with Gasteiger partial charge >= 0.3 is 0 Å². The smallest absolute Gasteiger partial charge is 0.250 e. The number of hydrogen-bond donors (Lipinski definition) is 2. The minimum atomic E-state index is -0.418. The summed E-state index contributed by atoms with van der Waals surface area (Å²) in [6, 6.07) is 8.28. The van der Waals surface area contributed by atoms with Crippen LogP contribution in [0.15, 0.2) is 36.4 Å². The van der Waals surface area contributed by atoms with Crippen molar-refractivity contribution in [1.29, 1.82) is 0 Å². The Morgan fingerprint density at radius 1 is 1.00 bits per heavy atom. The molecule has 0 heterocycles. The summed E-state index contributed by atoms with van der Waals surface area (Å²) in [4.78, 5) is 12.0. The van der Waals surface area contributed by atoms with Crippen molar-refractivity contribution in [2.45, 2.75) is 0 Å². The summed E-state index contributed by atoms with van der Waals surface area (Å²) >= 11 is 23.0. The van der Waals surface area contributed by atoms with Gasteiger partial charge in [0.1, 0.15) is 0 Å². The second-order valence-electron chi connectivity index (χ2n) is 5.14. The Labute approximate surface area is 177 Å². The SMILES string of the molecule is COc1ccc(C=CC(=O)NC(=S)Nc2cc(Cl)c(Cl)cc2Cl)cc1OC. The number of hydrogen-bond acceptors (Lipinski definition) is 4. The molecule has 2 N–H and O–H groups in total. The molecule has 0 fully saturated rings. The van der Waals surface area contributed by atoms with E-state index in [1.807, 2.05) is 0 Å². The van der Waals surface area contributed by atoms with Gasteiger partial charge in [-0.15, -0.1) is 0 Å². The molecule has 0 saturated heterocycles. The number of halogens is 3. The van der Waals surface area contributed by atoms with Gasteiger partial charge in [-0.2, -0.15) is 0 Å². The van der Waals surface area contributed by atoms with Crippen LogP contribution in [0.2, 0.25) is 15.1 Å². The number of carbonyl (C=O) groups excluding carboxylic acids is 1. The molecule has 0 saturated carbocycles. The van der Waals surface area contributed by atoms with Gasteiger partial charge in [0, 0.05) is 6.08 Å². The van der Waals surface area contributed by atoms with E-state index in [0.29, 0.717) is 32.3 Å². The highest BCUT2D eigenvalue weighted by Gasteiger charge is 2.09. The lowest BCUT2D eigenvalue weighted by Crippen LogP contribution is -2.32. The van der Waals surface area contributed by atoms with Crippen LogP contribution < -0.4 is 20.1 Å². The molecule has 27 heavy (non-hydrogen) atoms. The molecular formula is C18H15Cl3N2O3S. The lowest BCUT2D eigenvalue weighted by atomic mass is 10.2. The van der Waals surface area contributed by atoms with Gasteiger partial charge in [-0.1, -0.05) is 40.9 Å². The van der Waals surface area contributed by atoms with Gasteiger partial charge in [0.15, 0.2) is 16.6 Å². The van der Waals surface area contributed by atoms with Gasteiger partial charge in [-0.25, -0.2) is 0 Å². The number of thiocarbonyl (C=S) groups is 1. The first-order valence-electron chi connectivity index (χ1n) is 7.50. The molecule has 2 aromatic carbocycles. The number of carbonyl (C=O) groups is 1. The zero-order valence-electron chi connectivity index (χ0n) is 14.3. The summed E-state index contributed by atoms with van der Waals surface area (Å²) in [6.07, 6.45) is 2.96.